The molecule has 24 heavy (non-hydrogen) atoms. The smallest absolute Gasteiger partial charge is 0.0742 e. The number of hydrogen-bond acceptors (Lipinski definition) is 3. The van der Waals surface area contributed by atoms with E-state index < -0.39 is 6.10 Å². The second-order valence-electron chi connectivity index (χ2n) is 9.11. The molecule has 2 rings (SSSR count). The third-order valence-corrected chi connectivity index (χ3v) is 5.29. The van der Waals surface area contributed by atoms with Crippen LogP contribution in [-0.4, -0.2) is 34.1 Å². The van der Waals surface area contributed by atoms with Crippen LogP contribution in [0.25, 0.3) is 0 Å². The summed E-state index contributed by atoms with van der Waals surface area (Å²) in [6, 6.07) is 0. The summed E-state index contributed by atoms with van der Waals surface area (Å²) in [6.07, 6.45) is 12.7. The fraction of sp³-hybridized carbons (Fsp3) is 1.00. The zero-order valence-electron chi connectivity index (χ0n) is 16.8. The predicted octanol–water partition coefficient (Wildman–Crippen LogP) is 5.08. The Morgan fingerprint density at radius 1 is 0.750 bits per heavy atom. The van der Waals surface area contributed by atoms with Gasteiger partial charge in [0, 0.05) is 0 Å². The summed E-state index contributed by atoms with van der Waals surface area (Å²) in [4.78, 5) is 0. The highest BCUT2D eigenvalue weighted by Crippen LogP contribution is 2.47. The van der Waals surface area contributed by atoms with E-state index in [0.717, 1.165) is 11.8 Å². The molecule has 2 N–H and O–H groups in total. The Bertz CT molecular complexity index is 296. The van der Waals surface area contributed by atoms with E-state index >= 15 is 0 Å². The lowest BCUT2D eigenvalue weighted by Crippen LogP contribution is -2.43. The van der Waals surface area contributed by atoms with Gasteiger partial charge >= 0.3 is 0 Å². The SMILES string of the molecule is CC(C)CC1(OC2(CC(C)C)CCCC2)CCCC1.CC(O)CO. The Hall–Kier alpha value is -0.120. The topological polar surface area (TPSA) is 49.7 Å². The molecule has 0 aliphatic heterocycles. The Morgan fingerprint density at radius 3 is 1.25 bits per heavy atom. The monoisotopic (exact) mass is 342 g/mol. The van der Waals surface area contributed by atoms with Crippen molar-refractivity contribution in [1.82, 2.24) is 0 Å². The van der Waals surface area contributed by atoms with Gasteiger partial charge in [-0.3, -0.25) is 0 Å². The maximum absolute atomic E-state index is 8.11. The van der Waals surface area contributed by atoms with Crippen molar-refractivity contribution in [2.45, 2.75) is 116 Å². The largest absolute Gasteiger partial charge is 0.394 e. The molecule has 0 aromatic heterocycles. The molecule has 144 valence electrons. The molecule has 1 atom stereocenters. The van der Waals surface area contributed by atoms with Gasteiger partial charge in [0.25, 0.3) is 0 Å². The molecular formula is C21H42O3. The Kier molecular flexibility index (Phi) is 9.25. The van der Waals surface area contributed by atoms with E-state index in [9.17, 15) is 0 Å². The molecule has 0 heterocycles. The van der Waals surface area contributed by atoms with Crippen LogP contribution in [0.5, 0.6) is 0 Å². The van der Waals surface area contributed by atoms with Crippen molar-refractivity contribution in [3.05, 3.63) is 0 Å². The van der Waals surface area contributed by atoms with Gasteiger partial charge in [0.05, 0.1) is 23.9 Å². The minimum absolute atomic E-state index is 0.139. The molecule has 0 aromatic rings. The van der Waals surface area contributed by atoms with Gasteiger partial charge in [-0.25, -0.2) is 0 Å². The van der Waals surface area contributed by atoms with E-state index in [1.54, 1.807) is 0 Å². The predicted molar refractivity (Wildman–Crippen MR) is 101 cm³/mol. The minimum Gasteiger partial charge on any atom is -0.394 e. The van der Waals surface area contributed by atoms with Crippen molar-refractivity contribution in [1.29, 1.82) is 0 Å². The fourth-order valence-electron chi connectivity index (χ4n) is 4.68. The molecule has 0 amide bonds. The van der Waals surface area contributed by atoms with Crippen molar-refractivity contribution in [2.24, 2.45) is 11.8 Å². The molecule has 0 bridgehead atoms. The zero-order chi connectivity index (χ0) is 18.2. The molecule has 0 spiro atoms. The van der Waals surface area contributed by atoms with Crippen LogP contribution in [0.3, 0.4) is 0 Å². The van der Waals surface area contributed by atoms with Gasteiger partial charge in [-0.15, -0.1) is 0 Å². The summed E-state index contributed by atoms with van der Waals surface area (Å²) >= 11 is 0. The molecule has 3 nitrogen and oxygen atoms in total. The van der Waals surface area contributed by atoms with Gasteiger partial charge in [0.2, 0.25) is 0 Å². The van der Waals surface area contributed by atoms with Crippen LogP contribution < -0.4 is 0 Å². The van der Waals surface area contributed by atoms with Crippen molar-refractivity contribution >= 4 is 0 Å². The summed E-state index contributed by atoms with van der Waals surface area (Å²) in [5.74, 6) is 1.52. The zero-order valence-corrected chi connectivity index (χ0v) is 16.8. The first kappa shape index (κ1) is 21.9. The van der Waals surface area contributed by atoms with Crippen LogP contribution in [0.15, 0.2) is 0 Å². The van der Waals surface area contributed by atoms with E-state index in [1.165, 1.54) is 71.1 Å². The van der Waals surface area contributed by atoms with Gasteiger partial charge in [-0.1, -0.05) is 53.4 Å². The standard InChI is InChI=1S/C18H34O.C3H8O2/c1-15(2)13-17(9-5-6-10-17)19-18(14-16(3)4)11-7-8-12-18;1-3(5)2-4/h15-16H,5-14H2,1-4H3;3-5H,2H2,1H3. The van der Waals surface area contributed by atoms with Crippen LogP contribution >= 0.6 is 0 Å². The molecule has 1 unspecified atom stereocenters. The van der Waals surface area contributed by atoms with E-state index in [2.05, 4.69) is 27.7 Å². The summed E-state index contributed by atoms with van der Waals surface area (Å²) in [6.45, 7) is 10.8. The number of hydrogen-bond donors (Lipinski definition) is 2. The van der Waals surface area contributed by atoms with E-state index in [4.69, 9.17) is 14.9 Å². The molecule has 0 aromatic carbocycles. The van der Waals surface area contributed by atoms with Gasteiger partial charge in [0.15, 0.2) is 0 Å². The summed E-state index contributed by atoms with van der Waals surface area (Å²) in [5, 5.41) is 16.0. The number of aliphatic hydroxyl groups excluding tert-OH is 2. The average Bonchev–Trinajstić information content (AvgIpc) is 3.08. The lowest BCUT2D eigenvalue weighted by atomic mass is 9.86. The third-order valence-electron chi connectivity index (χ3n) is 5.29. The second-order valence-corrected chi connectivity index (χ2v) is 9.11. The fourth-order valence-corrected chi connectivity index (χ4v) is 4.68. The lowest BCUT2D eigenvalue weighted by Gasteiger charge is -2.42. The van der Waals surface area contributed by atoms with Gasteiger partial charge in [-0.05, 0) is 57.3 Å². The normalized spacial score (nSPS) is 23.4. The first-order chi connectivity index (χ1) is 11.2. The molecular weight excluding hydrogens is 300 g/mol. The Morgan fingerprint density at radius 2 is 1.04 bits per heavy atom. The van der Waals surface area contributed by atoms with Crippen LogP contribution in [-0.2, 0) is 4.74 Å². The van der Waals surface area contributed by atoms with E-state index in [1.807, 2.05) is 0 Å². The maximum Gasteiger partial charge on any atom is 0.0742 e. The van der Waals surface area contributed by atoms with Crippen LogP contribution in [0.4, 0.5) is 0 Å². The average molecular weight is 343 g/mol. The van der Waals surface area contributed by atoms with Crippen LogP contribution in [0, 0.1) is 11.8 Å². The van der Waals surface area contributed by atoms with Gasteiger partial charge < -0.3 is 14.9 Å². The van der Waals surface area contributed by atoms with Crippen molar-refractivity contribution in [3.63, 3.8) is 0 Å². The lowest BCUT2D eigenvalue weighted by molar-refractivity contribution is -0.167. The van der Waals surface area contributed by atoms with Crippen LogP contribution in [0.1, 0.15) is 98.8 Å². The number of ether oxygens (including phenoxy) is 1. The first-order valence-corrected chi connectivity index (χ1v) is 10.2. The summed E-state index contributed by atoms with van der Waals surface area (Å²) in [5.41, 5.74) is 0.459. The van der Waals surface area contributed by atoms with Gasteiger partial charge in [-0.2, -0.15) is 0 Å². The molecule has 0 saturated heterocycles. The highest BCUT2D eigenvalue weighted by Gasteiger charge is 2.45. The van der Waals surface area contributed by atoms with Crippen molar-refractivity contribution in [3.8, 4) is 0 Å². The van der Waals surface area contributed by atoms with Crippen molar-refractivity contribution in [2.75, 3.05) is 6.61 Å². The highest BCUT2D eigenvalue weighted by molar-refractivity contribution is 4.95. The maximum atomic E-state index is 8.11. The molecule has 0 radical (unpaired) electrons. The summed E-state index contributed by atoms with van der Waals surface area (Å²) in [7, 11) is 0. The number of rotatable bonds is 7. The first-order valence-electron chi connectivity index (χ1n) is 10.2. The van der Waals surface area contributed by atoms with Gasteiger partial charge in [0.1, 0.15) is 0 Å². The molecule has 2 saturated carbocycles. The highest BCUT2D eigenvalue weighted by atomic mass is 16.5. The minimum atomic E-state index is -0.560. The quantitative estimate of drug-likeness (QED) is 0.678. The number of aliphatic hydroxyl groups is 2. The molecule has 2 aliphatic rings. The Balaban J connectivity index is 0.000000505. The van der Waals surface area contributed by atoms with E-state index in [0.29, 0.717) is 0 Å². The Labute approximate surface area is 150 Å². The molecule has 2 aliphatic carbocycles. The van der Waals surface area contributed by atoms with E-state index in [-0.39, 0.29) is 17.8 Å². The summed E-state index contributed by atoms with van der Waals surface area (Å²) < 4.78 is 6.97. The third kappa shape index (κ3) is 7.41. The van der Waals surface area contributed by atoms with Crippen LogP contribution in [0.2, 0.25) is 0 Å². The second kappa shape index (κ2) is 10.1. The van der Waals surface area contributed by atoms with Crippen molar-refractivity contribution < 1.29 is 14.9 Å². The molecule has 2 fully saturated rings. The molecule has 3 heteroatoms.